The number of rotatable bonds is 2. The monoisotopic (exact) mass is 179 g/mol. The predicted molar refractivity (Wildman–Crippen MR) is 47.3 cm³/mol. The Labute approximate surface area is 75.3 Å². The molecule has 2 N–H and O–H groups in total. The minimum absolute atomic E-state index is 0.0727. The molecule has 4 heteroatoms. The molecule has 1 aromatic carbocycles. The Bertz CT molecular complexity index is 347. The van der Waals surface area contributed by atoms with Crippen molar-refractivity contribution < 1.29 is 14.6 Å². The molecule has 0 unspecified atom stereocenters. The van der Waals surface area contributed by atoms with Crippen LogP contribution in [0.15, 0.2) is 18.2 Å². The summed E-state index contributed by atoms with van der Waals surface area (Å²) in [5.74, 6) is -0.751. The molecule has 68 valence electrons. The van der Waals surface area contributed by atoms with E-state index in [0.717, 1.165) is 6.21 Å². The fourth-order valence-electron chi connectivity index (χ4n) is 0.917. The standard InChI is InChI=1S/C9H9NO3/c1-13-9(12)7-4-6(5-10)2-3-8(7)11/h2-5,10-11H,1H3. The van der Waals surface area contributed by atoms with Crippen molar-refractivity contribution in [1.29, 1.82) is 5.41 Å². The van der Waals surface area contributed by atoms with E-state index in [0.29, 0.717) is 5.56 Å². The van der Waals surface area contributed by atoms with Gasteiger partial charge in [-0.05, 0) is 23.8 Å². The summed E-state index contributed by atoms with van der Waals surface area (Å²) in [7, 11) is 1.23. The largest absolute Gasteiger partial charge is 0.507 e. The highest BCUT2D eigenvalue weighted by Crippen LogP contribution is 2.18. The van der Waals surface area contributed by atoms with Crippen LogP contribution in [0, 0.1) is 5.41 Å². The van der Waals surface area contributed by atoms with Crippen LogP contribution in [0.4, 0.5) is 0 Å². The molecule has 0 saturated heterocycles. The van der Waals surface area contributed by atoms with E-state index >= 15 is 0 Å². The summed E-state index contributed by atoms with van der Waals surface area (Å²) in [6.07, 6.45) is 1.09. The first-order valence-electron chi connectivity index (χ1n) is 3.61. The molecule has 0 aliphatic heterocycles. The van der Waals surface area contributed by atoms with Crippen LogP contribution in [0.5, 0.6) is 5.75 Å². The van der Waals surface area contributed by atoms with Gasteiger partial charge in [-0.3, -0.25) is 0 Å². The van der Waals surface area contributed by atoms with Gasteiger partial charge < -0.3 is 15.3 Å². The third-order valence-corrected chi connectivity index (χ3v) is 1.59. The average molecular weight is 179 g/mol. The smallest absolute Gasteiger partial charge is 0.341 e. The van der Waals surface area contributed by atoms with Crippen molar-refractivity contribution in [3.8, 4) is 5.75 Å². The summed E-state index contributed by atoms with van der Waals surface area (Å²) in [4.78, 5) is 11.0. The fraction of sp³-hybridized carbons (Fsp3) is 0.111. The van der Waals surface area contributed by atoms with E-state index in [2.05, 4.69) is 4.74 Å². The molecule has 0 spiro atoms. The normalized spacial score (nSPS) is 9.31. The van der Waals surface area contributed by atoms with Gasteiger partial charge in [0.05, 0.1) is 7.11 Å². The molecule has 0 atom stereocenters. The maximum atomic E-state index is 11.0. The molecule has 1 rings (SSSR count). The van der Waals surface area contributed by atoms with Gasteiger partial charge >= 0.3 is 5.97 Å². The van der Waals surface area contributed by atoms with Gasteiger partial charge in [-0.25, -0.2) is 4.79 Å². The van der Waals surface area contributed by atoms with E-state index in [1.807, 2.05) is 0 Å². The second-order valence-corrected chi connectivity index (χ2v) is 2.41. The Balaban J connectivity index is 3.18. The summed E-state index contributed by atoms with van der Waals surface area (Å²) >= 11 is 0. The van der Waals surface area contributed by atoms with E-state index in [1.54, 1.807) is 0 Å². The number of phenols is 1. The minimum Gasteiger partial charge on any atom is -0.507 e. The molecule has 0 saturated carbocycles. The molecule has 4 nitrogen and oxygen atoms in total. The molecule has 0 aliphatic carbocycles. The Kier molecular flexibility index (Phi) is 2.64. The van der Waals surface area contributed by atoms with Crippen molar-refractivity contribution in [2.24, 2.45) is 0 Å². The van der Waals surface area contributed by atoms with Gasteiger partial charge in [0, 0.05) is 6.21 Å². The lowest BCUT2D eigenvalue weighted by Crippen LogP contribution is -2.02. The van der Waals surface area contributed by atoms with Crippen molar-refractivity contribution in [2.45, 2.75) is 0 Å². The fourth-order valence-corrected chi connectivity index (χ4v) is 0.917. The van der Waals surface area contributed by atoms with E-state index in [1.165, 1.54) is 25.3 Å². The molecular formula is C9H9NO3. The molecule has 0 aromatic heterocycles. The zero-order valence-corrected chi connectivity index (χ0v) is 7.07. The van der Waals surface area contributed by atoms with Crippen LogP contribution in [0.3, 0.4) is 0 Å². The molecule has 0 fully saturated rings. The Morgan fingerprint density at radius 3 is 2.85 bits per heavy atom. The van der Waals surface area contributed by atoms with Crippen LogP contribution < -0.4 is 0 Å². The summed E-state index contributed by atoms with van der Waals surface area (Å²) in [5, 5.41) is 16.2. The first-order chi connectivity index (χ1) is 6.19. The lowest BCUT2D eigenvalue weighted by molar-refractivity contribution is 0.0597. The number of carbonyl (C=O) groups is 1. The number of hydrogen-bond donors (Lipinski definition) is 2. The van der Waals surface area contributed by atoms with E-state index in [-0.39, 0.29) is 11.3 Å². The number of nitrogens with one attached hydrogen (secondary N) is 1. The SMILES string of the molecule is COC(=O)c1cc(C=N)ccc1O. The van der Waals surface area contributed by atoms with Crippen molar-refractivity contribution in [3.05, 3.63) is 29.3 Å². The van der Waals surface area contributed by atoms with Crippen molar-refractivity contribution in [3.63, 3.8) is 0 Å². The maximum Gasteiger partial charge on any atom is 0.341 e. The average Bonchev–Trinajstić information content (AvgIpc) is 2.17. The summed E-state index contributed by atoms with van der Waals surface area (Å²) < 4.78 is 4.44. The number of ether oxygens (including phenoxy) is 1. The minimum atomic E-state index is -0.610. The molecule has 0 bridgehead atoms. The first kappa shape index (κ1) is 9.25. The zero-order valence-electron chi connectivity index (χ0n) is 7.07. The van der Waals surface area contributed by atoms with Crippen LogP contribution in [0.2, 0.25) is 0 Å². The van der Waals surface area contributed by atoms with Crippen molar-refractivity contribution >= 4 is 12.2 Å². The Morgan fingerprint density at radius 2 is 2.31 bits per heavy atom. The lowest BCUT2D eigenvalue weighted by atomic mass is 10.1. The number of esters is 1. The van der Waals surface area contributed by atoms with Gasteiger partial charge in [0.1, 0.15) is 11.3 Å². The highest BCUT2D eigenvalue weighted by atomic mass is 16.5. The Morgan fingerprint density at radius 1 is 1.62 bits per heavy atom. The molecule has 1 aromatic rings. The zero-order chi connectivity index (χ0) is 9.84. The molecule has 13 heavy (non-hydrogen) atoms. The van der Waals surface area contributed by atoms with E-state index in [4.69, 9.17) is 5.41 Å². The number of hydrogen-bond acceptors (Lipinski definition) is 4. The van der Waals surface area contributed by atoms with E-state index < -0.39 is 5.97 Å². The van der Waals surface area contributed by atoms with Gasteiger partial charge in [0.2, 0.25) is 0 Å². The van der Waals surface area contributed by atoms with Gasteiger partial charge in [-0.1, -0.05) is 0 Å². The molecule has 0 amide bonds. The topological polar surface area (TPSA) is 70.4 Å². The number of phenolic OH excluding ortho intramolecular Hbond substituents is 1. The Hall–Kier alpha value is -1.84. The highest BCUT2D eigenvalue weighted by molar-refractivity contribution is 5.94. The van der Waals surface area contributed by atoms with Crippen molar-refractivity contribution in [1.82, 2.24) is 0 Å². The third-order valence-electron chi connectivity index (χ3n) is 1.59. The van der Waals surface area contributed by atoms with Crippen LogP contribution in [-0.2, 0) is 4.74 Å². The van der Waals surface area contributed by atoms with Crippen LogP contribution in [0.1, 0.15) is 15.9 Å². The predicted octanol–water partition coefficient (Wildman–Crippen LogP) is 1.18. The third kappa shape index (κ3) is 1.84. The first-order valence-corrected chi connectivity index (χ1v) is 3.61. The number of benzene rings is 1. The van der Waals surface area contributed by atoms with Crippen LogP contribution >= 0.6 is 0 Å². The number of carbonyl (C=O) groups excluding carboxylic acids is 1. The summed E-state index contributed by atoms with van der Waals surface area (Å²) in [6, 6.07) is 4.29. The molecule has 0 radical (unpaired) electrons. The molecule has 0 heterocycles. The van der Waals surface area contributed by atoms with Gasteiger partial charge in [-0.15, -0.1) is 0 Å². The second-order valence-electron chi connectivity index (χ2n) is 2.41. The summed E-state index contributed by atoms with van der Waals surface area (Å²) in [5.41, 5.74) is 0.613. The van der Waals surface area contributed by atoms with Gasteiger partial charge in [0.25, 0.3) is 0 Å². The van der Waals surface area contributed by atoms with Crippen LogP contribution in [-0.4, -0.2) is 24.4 Å². The number of methoxy groups -OCH3 is 1. The van der Waals surface area contributed by atoms with Gasteiger partial charge in [-0.2, -0.15) is 0 Å². The quantitative estimate of drug-likeness (QED) is 0.529. The lowest BCUT2D eigenvalue weighted by Gasteiger charge is -2.02. The number of aromatic hydroxyl groups is 1. The molecular weight excluding hydrogens is 170 g/mol. The van der Waals surface area contributed by atoms with Gasteiger partial charge in [0.15, 0.2) is 0 Å². The maximum absolute atomic E-state index is 11.0. The van der Waals surface area contributed by atoms with E-state index in [9.17, 15) is 9.90 Å². The highest BCUT2D eigenvalue weighted by Gasteiger charge is 2.10. The summed E-state index contributed by atoms with van der Waals surface area (Å²) in [6.45, 7) is 0. The van der Waals surface area contributed by atoms with Crippen molar-refractivity contribution in [2.75, 3.05) is 7.11 Å². The second kappa shape index (κ2) is 3.71. The van der Waals surface area contributed by atoms with Crippen LogP contribution in [0.25, 0.3) is 0 Å². The molecule has 0 aliphatic rings.